The highest BCUT2D eigenvalue weighted by molar-refractivity contribution is 7.90. The molecular formula is C21H22N2O4S. The van der Waals surface area contributed by atoms with Crippen molar-refractivity contribution < 1.29 is 17.9 Å². The zero-order chi connectivity index (χ0) is 20.4. The molecule has 0 spiro atoms. The number of aromatic amines is 1. The summed E-state index contributed by atoms with van der Waals surface area (Å²) >= 11 is 0. The fourth-order valence-corrected chi connectivity index (χ4v) is 4.00. The third-order valence-electron chi connectivity index (χ3n) is 4.88. The topological polar surface area (TPSA) is 102 Å². The van der Waals surface area contributed by atoms with Crippen LogP contribution in [0.15, 0.2) is 66.7 Å². The third-order valence-corrected chi connectivity index (χ3v) is 6.52. The van der Waals surface area contributed by atoms with Crippen molar-refractivity contribution in [1.82, 2.24) is 4.98 Å². The van der Waals surface area contributed by atoms with Crippen LogP contribution in [-0.2, 0) is 21.2 Å². The van der Waals surface area contributed by atoms with Crippen LogP contribution >= 0.6 is 0 Å². The Hall–Kier alpha value is -2.90. The third kappa shape index (κ3) is 3.72. The number of aromatic nitrogens is 1. The zero-order valence-electron chi connectivity index (χ0n) is 15.7. The lowest BCUT2D eigenvalue weighted by atomic mass is 9.95. The van der Waals surface area contributed by atoms with Crippen LogP contribution in [0.5, 0.6) is 5.75 Å². The van der Waals surface area contributed by atoms with Gasteiger partial charge in [0.25, 0.3) is 0 Å². The van der Waals surface area contributed by atoms with Crippen molar-refractivity contribution in [3.8, 4) is 5.75 Å². The van der Waals surface area contributed by atoms with Gasteiger partial charge in [-0.2, -0.15) is 0 Å². The van der Waals surface area contributed by atoms with Crippen molar-refractivity contribution in [2.75, 3.05) is 7.11 Å². The van der Waals surface area contributed by atoms with E-state index >= 15 is 0 Å². The SMILES string of the molecule is COc1ccccc1C(=O)c1ccc(CC(C)(c2ccccc2)S(N)(=O)=O)[nH]1. The van der Waals surface area contributed by atoms with Gasteiger partial charge in [0.05, 0.1) is 18.4 Å². The summed E-state index contributed by atoms with van der Waals surface area (Å²) in [7, 11) is -2.41. The van der Waals surface area contributed by atoms with Gasteiger partial charge in [-0.1, -0.05) is 42.5 Å². The van der Waals surface area contributed by atoms with E-state index in [-0.39, 0.29) is 12.2 Å². The van der Waals surface area contributed by atoms with Gasteiger partial charge < -0.3 is 9.72 Å². The van der Waals surface area contributed by atoms with Gasteiger partial charge in [-0.25, -0.2) is 13.6 Å². The van der Waals surface area contributed by atoms with E-state index in [1.165, 1.54) is 7.11 Å². The Bertz CT molecular complexity index is 1090. The van der Waals surface area contributed by atoms with Crippen LogP contribution in [0.2, 0.25) is 0 Å². The number of ketones is 1. The lowest BCUT2D eigenvalue weighted by Crippen LogP contribution is -2.40. The predicted molar refractivity (Wildman–Crippen MR) is 108 cm³/mol. The number of methoxy groups -OCH3 is 1. The quantitative estimate of drug-likeness (QED) is 0.597. The van der Waals surface area contributed by atoms with E-state index in [2.05, 4.69) is 4.98 Å². The van der Waals surface area contributed by atoms with Gasteiger partial charge in [0.1, 0.15) is 10.5 Å². The van der Waals surface area contributed by atoms with Gasteiger partial charge in [-0.05, 0) is 36.8 Å². The molecule has 0 amide bonds. The molecule has 0 radical (unpaired) electrons. The number of rotatable bonds is 7. The second-order valence-electron chi connectivity index (χ2n) is 6.75. The average molecular weight is 398 g/mol. The van der Waals surface area contributed by atoms with Crippen LogP contribution in [0, 0.1) is 0 Å². The number of carbonyl (C=O) groups is 1. The summed E-state index contributed by atoms with van der Waals surface area (Å²) < 4.78 is 28.7. The van der Waals surface area contributed by atoms with Gasteiger partial charge in [0.2, 0.25) is 15.8 Å². The smallest absolute Gasteiger partial charge is 0.219 e. The first-order chi connectivity index (χ1) is 13.3. The number of H-pyrrole nitrogens is 1. The van der Waals surface area contributed by atoms with E-state index in [0.29, 0.717) is 28.3 Å². The van der Waals surface area contributed by atoms with Crippen molar-refractivity contribution in [3.63, 3.8) is 0 Å². The number of nitrogens with two attached hydrogens (primary N) is 1. The summed E-state index contributed by atoms with van der Waals surface area (Å²) in [6.07, 6.45) is 0.106. The van der Waals surface area contributed by atoms with Gasteiger partial charge in [0, 0.05) is 12.1 Å². The van der Waals surface area contributed by atoms with Crippen LogP contribution in [0.1, 0.15) is 34.2 Å². The van der Waals surface area contributed by atoms with Crippen molar-refractivity contribution in [2.45, 2.75) is 18.1 Å². The maximum Gasteiger partial charge on any atom is 0.219 e. The molecule has 0 bridgehead atoms. The Morgan fingerprint density at radius 1 is 1.04 bits per heavy atom. The Morgan fingerprint density at radius 3 is 2.32 bits per heavy atom. The van der Waals surface area contributed by atoms with Gasteiger partial charge in [-0.15, -0.1) is 0 Å². The first kappa shape index (κ1) is 19.9. The van der Waals surface area contributed by atoms with E-state index in [9.17, 15) is 13.2 Å². The highest BCUT2D eigenvalue weighted by Crippen LogP contribution is 2.32. The van der Waals surface area contributed by atoms with Crippen molar-refractivity contribution in [1.29, 1.82) is 0 Å². The number of benzene rings is 2. The fraction of sp³-hybridized carbons (Fsp3) is 0.190. The largest absolute Gasteiger partial charge is 0.496 e. The molecule has 0 aliphatic heterocycles. The number of ether oxygens (including phenoxy) is 1. The predicted octanol–water partition coefficient (Wildman–Crippen LogP) is 3.00. The number of nitrogens with one attached hydrogen (secondary N) is 1. The standard InChI is InChI=1S/C21H22N2O4S/c1-21(28(22,25)26,15-8-4-3-5-9-15)14-16-12-13-18(23-16)20(24)17-10-6-7-11-19(17)27-2/h3-13,23H,14H2,1-2H3,(H2,22,25,26). The van der Waals surface area contributed by atoms with Crippen molar-refractivity contribution >= 4 is 15.8 Å². The minimum Gasteiger partial charge on any atom is -0.496 e. The minimum absolute atomic E-state index is 0.106. The lowest BCUT2D eigenvalue weighted by Gasteiger charge is -2.27. The molecule has 1 unspecified atom stereocenters. The van der Waals surface area contributed by atoms with Gasteiger partial charge >= 0.3 is 0 Å². The van der Waals surface area contributed by atoms with Crippen LogP contribution in [0.25, 0.3) is 0 Å². The van der Waals surface area contributed by atoms with E-state index < -0.39 is 14.8 Å². The number of primary sulfonamides is 1. The number of sulfonamides is 1. The van der Waals surface area contributed by atoms with E-state index in [0.717, 1.165) is 0 Å². The average Bonchev–Trinajstić information content (AvgIpc) is 3.15. The number of hydrogen-bond donors (Lipinski definition) is 2. The highest BCUT2D eigenvalue weighted by Gasteiger charge is 2.39. The Kier molecular flexibility index (Phi) is 5.40. The summed E-state index contributed by atoms with van der Waals surface area (Å²) in [5.41, 5.74) is 1.96. The van der Waals surface area contributed by atoms with Crippen molar-refractivity contribution in [3.05, 3.63) is 89.2 Å². The molecule has 0 fully saturated rings. The van der Waals surface area contributed by atoms with Gasteiger partial charge in [-0.3, -0.25) is 4.79 Å². The highest BCUT2D eigenvalue weighted by atomic mass is 32.2. The molecule has 1 heterocycles. The summed E-state index contributed by atoms with van der Waals surface area (Å²) in [6.45, 7) is 1.58. The first-order valence-electron chi connectivity index (χ1n) is 8.70. The summed E-state index contributed by atoms with van der Waals surface area (Å²) in [5, 5.41) is 5.56. The first-order valence-corrected chi connectivity index (χ1v) is 10.2. The Balaban J connectivity index is 1.94. The molecule has 3 aromatic rings. The van der Waals surface area contributed by atoms with Crippen LogP contribution in [-0.4, -0.2) is 26.3 Å². The summed E-state index contributed by atoms with van der Waals surface area (Å²) in [6, 6.07) is 19.1. The molecule has 6 nitrogen and oxygen atoms in total. The minimum atomic E-state index is -3.91. The normalized spacial score (nSPS) is 13.7. The fourth-order valence-electron chi connectivity index (χ4n) is 3.17. The maximum atomic E-state index is 12.8. The van der Waals surface area contributed by atoms with E-state index in [1.807, 2.05) is 6.07 Å². The van der Waals surface area contributed by atoms with Crippen LogP contribution in [0.4, 0.5) is 0 Å². The molecule has 3 rings (SSSR count). The van der Waals surface area contributed by atoms with E-state index in [1.54, 1.807) is 67.6 Å². The van der Waals surface area contributed by atoms with Crippen LogP contribution in [0.3, 0.4) is 0 Å². The monoisotopic (exact) mass is 398 g/mol. The second kappa shape index (κ2) is 7.61. The second-order valence-corrected chi connectivity index (χ2v) is 8.74. The molecule has 0 saturated heterocycles. The molecule has 0 aliphatic rings. The molecule has 7 heteroatoms. The van der Waals surface area contributed by atoms with Crippen molar-refractivity contribution in [2.24, 2.45) is 5.14 Å². The summed E-state index contributed by atoms with van der Waals surface area (Å²) in [4.78, 5) is 15.9. The molecule has 3 N–H and O–H groups in total. The molecule has 146 valence electrons. The van der Waals surface area contributed by atoms with Gasteiger partial charge in [0.15, 0.2) is 0 Å². The molecule has 28 heavy (non-hydrogen) atoms. The molecule has 1 aromatic heterocycles. The van der Waals surface area contributed by atoms with Crippen LogP contribution < -0.4 is 9.88 Å². The molecule has 0 saturated carbocycles. The lowest BCUT2D eigenvalue weighted by molar-refractivity contribution is 0.103. The Labute approximate surface area is 164 Å². The number of hydrogen-bond acceptors (Lipinski definition) is 4. The molecule has 2 aromatic carbocycles. The number of carbonyl (C=O) groups excluding carboxylic acids is 1. The number of para-hydroxylation sites is 1. The van der Waals surface area contributed by atoms with E-state index in [4.69, 9.17) is 9.88 Å². The summed E-state index contributed by atoms with van der Waals surface area (Å²) in [5.74, 6) is 0.239. The Morgan fingerprint density at radius 2 is 1.68 bits per heavy atom. The zero-order valence-corrected chi connectivity index (χ0v) is 16.5. The molecule has 1 atom stereocenters. The molecule has 0 aliphatic carbocycles. The maximum absolute atomic E-state index is 12.8. The molecular weight excluding hydrogens is 376 g/mol.